The van der Waals surface area contributed by atoms with Gasteiger partial charge < -0.3 is 16.0 Å². The van der Waals surface area contributed by atoms with Crippen molar-refractivity contribution in [3.05, 3.63) is 12.4 Å². The van der Waals surface area contributed by atoms with Crippen molar-refractivity contribution in [3.8, 4) is 0 Å². The Morgan fingerprint density at radius 3 is 2.33 bits per heavy atom. The maximum atomic E-state index is 4.21. The molecule has 0 aliphatic heterocycles. The lowest BCUT2D eigenvalue weighted by molar-refractivity contribution is 0.447. The molecule has 0 saturated carbocycles. The second-order valence-electron chi connectivity index (χ2n) is 5.55. The van der Waals surface area contributed by atoms with E-state index in [-0.39, 0.29) is 5.54 Å². The third-order valence-electron chi connectivity index (χ3n) is 2.75. The molecule has 0 radical (unpaired) electrons. The molecule has 102 valence electrons. The van der Waals surface area contributed by atoms with E-state index in [2.05, 4.69) is 53.6 Å². The lowest BCUT2D eigenvalue weighted by Gasteiger charge is -2.24. The molecule has 0 aliphatic rings. The first kappa shape index (κ1) is 14.7. The van der Waals surface area contributed by atoms with Gasteiger partial charge in [-0.05, 0) is 26.8 Å². The maximum Gasteiger partial charge on any atom is 0.131 e. The van der Waals surface area contributed by atoms with Gasteiger partial charge in [-0.1, -0.05) is 13.8 Å². The van der Waals surface area contributed by atoms with E-state index in [0.29, 0.717) is 5.92 Å². The van der Waals surface area contributed by atoms with Gasteiger partial charge in [-0.15, -0.1) is 0 Å². The van der Waals surface area contributed by atoms with Crippen LogP contribution < -0.4 is 16.0 Å². The van der Waals surface area contributed by atoms with E-state index >= 15 is 0 Å². The summed E-state index contributed by atoms with van der Waals surface area (Å²) in [5.74, 6) is 2.31. The molecule has 1 heterocycles. The zero-order valence-corrected chi connectivity index (χ0v) is 12.0. The second-order valence-corrected chi connectivity index (χ2v) is 5.55. The van der Waals surface area contributed by atoms with E-state index in [1.54, 1.807) is 6.33 Å². The van der Waals surface area contributed by atoms with Crippen LogP contribution in [0, 0.1) is 5.92 Å². The van der Waals surface area contributed by atoms with Gasteiger partial charge in [0, 0.05) is 24.7 Å². The fourth-order valence-corrected chi connectivity index (χ4v) is 1.26. The summed E-state index contributed by atoms with van der Waals surface area (Å²) in [6.45, 7) is 10.3. The predicted molar refractivity (Wildman–Crippen MR) is 77.0 cm³/mol. The molecule has 1 rings (SSSR count). The Morgan fingerprint density at radius 2 is 1.78 bits per heavy atom. The maximum absolute atomic E-state index is 4.21. The smallest absolute Gasteiger partial charge is 0.131 e. The van der Waals surface area contributed by atoms with Crippen LogP contribution in [-0.4, -0.2) is 35.6 Å². The van der Waals surface area contributed by atoms with Gasteiger partial charge >= 0.3 is 0 Å². The van der Waals surface area contributed by atoms with E-state index in [9.17, 15) is 0 Å². The Morgan fingerprint density at radius 1 is 1.17 bits per heavy atom. The number of aromatic nitrogens is 2. The Balaban J connectivity index is 2.54. The highest BCUT2D eigenvalue weighted by Gasteiger charge is 2.14. The normalized spacial score (nSPS) is 11.7. The highest BCUT2D eigenvalue weighted by atomic mass is 15.1. The van der Waals surface area contributed by atoms with Crippen LogP contribution in [0.1, 0.15) is 27.7 Å². The van der Waals surface area contributed by atoms with Crippen molar-refractivity contribution in [2.75, 3.05) is 30.8 Å². The average molecular weight is 251 g/mol. The van der Waals surface area contributed by atoms with E-state index in [1.165, 1.54) is 0 Å². The van der Waals surface area contributed by atoms with Gasteiger partial charge in [0.2, 0.25) is 0 Å². The van der Waals surface area contributed by atoms with E-state index in [0.717, 1.165) is 24.7 Å². The number of anilines is 2. The average Bonchev–Trinajstić information content (AvgIpc) is 2.35. The van der Waals surface area contributed by atoms with Gasteiger partial charge in [0.25, 0.3) is 0 Å². The SMILES string of the molecule is CNC(C)(C)CNc1cc(NCC(C)C)ncn1. The molecule has 1 aromatic rings. The Kier molecular flexibility index (Phi) is 5.34. The van der Waals surface area contributed by atoms with Gasteiger partial charge in [-0.2, -0.15) is 0 Å². The highest BCUT2D eigenvalue weighted by molar-refractivity contribution is 5.46. The Labute approximate surface area is 110 Å². The molecule has 0 atom stereocenters. The topological polar surface area (TPSA) is 61.9 Å². The summed E-state index contributed by atoms with van der Waals surface area (Å²) in [6, 6.07) is 1.94. The number of nitrogens with one attached hydrogen (secondary N) is 3. The summed E-state index contributed by atoms with van der Waals surface area (Å²) in [7, 11) is 1.96. The van der Waals surface area contributed by atoms with Gasteiger partial charge in [0.05, 0.1) is 0 Å². The lowest BCUT2D eigenvalue weighted by atomic mass is 10.1. The first-order chi connectivity index (χ1) is 8.43. The minimum absolute atomic E-state index is 0.0382. The molecule has 5 heteroatoms. The molecule has 0 amide bonds. The summed E-state index contributed by atoms with van der Waals surface area (Å²) in [4.78, 5) is 8.41. The fourth-order valence-electron chi connectivity index (χ4n) is 1.26. The standard InChI is InChI=1S/C13H25N5/c1-10(2)7-15-11-6-12(18-9-17-11)16-8-13(3,4)14-5/h6,9-10,14H,7-8H2,1-5H3,(H2,15,16,17,18). The molecular weight excluding hydrogens is 226 g/mol. The van der Waals surface area contributed by atoms with Crippen LogP contribution in [0.2, 0.25) is 0 Å². The first-order valence-corrected chi connectivity index (χ1v) is 6.41. The summed E-state index contributed by atoms with van der Waals surface area (Å²) < 4.78 is 0. The first-order valence-electron chi connectivity index (χ1n) is 6.41. The third-order valence-corrected chi connectivity index (χ3v) is 2.75. The molecule has 3 N–H and O–H groups in total. The zero-order valence-electron chi connectivity index (χ0n) is 12.0. The van der Waals surface area contributed by atoms with Crippen molar-refractivity contribution in [1.29, 1.82) is 0 Å². The van der Waals surface area contributed by atoms with Crippen molar-refractivity contribution in [2.45, 2.75) is 33.2 Å². The van der Waals surface area contributed by atoms with Gasteiger partial charge in [0.1, 0.15) is 18.0 Å². The van der Waals surface area contributed by atoms with Gasteiger partial charge in [0.15, 0.2) is 0 Å². The molecule has 18 heavy (non-hydrogen) atoms. The molecule has 0 bridgehead atoms. The molecule has 1 aromatic heterocycles. The van der Waals surface area contributed by atoms with Crippen LogP contribution in [-0.2, 0) is 0 Å². The summed E-state index contributed by atoms with van der Waals surface area (Å²) >= 11 is 0. The quantitative estimate of drug-likeness (QED) is 0.691. The van der Waals surface area contributed by atoms with Crippen molar-refractivity contribution < 1.29 is 0 Å². The summed E-state index contributed by atoms with van der Waals surface area (Å²) in [5, 5.41) is 9.84. The largest absolute Gasteiger partial charge is 0.370 e. The molecule has 0 aromatic carbocycles. The molecule has 0 spiro atoms. The molecule has 0 aliphatic carbocycles. The fraction of sp³-hybridized carbons (Fsp3) is 0.692. The van der Waals surface area contributed by atoms with Crippen LogP contribution in [0.4, 0.5) is 11.6 Å². The van der Waals surface area contributed by atoms with Crippen molar-refractivity contribution >= 4 is 11.6 Å². The van der Waals surface area contributed by atoms with Gasteiger partial charge in [-0.25, -0.2) is 9.97 Å². The van der Waals surface area contributed by atoms with Crippen molar-refractivity contribution in [2.24, 2.45) is 5.92 Å². The zero-order chi connectivity index (χ0) is 13.6. The van der Waals surface area contributed by atoms with Crippen LogP contribution in [0.15, 0.2) is 12.4 Å². The highest BCUT2D eigenvalue weighted by Crippen LogP contribution is 2.10. The minimum Gasteiger partial charge on any atom is -0.370 e. The molecule has 0 unspecified atom stereocenters. The van der Waals surface area contributed by atoms with Gasteiger partial charge in [-0.3, -0.25) is 0 Å². The minimum atomic E-state index is 0.0382. The van der Waals surface area contributed by atoms with Crippen LogP contribution >= 0.6 is 0 Å². The number of nitrogens with zero attached hydrogens (tertiary/aromatic N) is 2. The third kappa shape index (κ3) is 5.31. The summed E-state index contributed by atoms with van der Waals surface area (Å²) in [6.07, 6.45) is 1.58. The number of likely N-dealkylation sites (N-methyl/N-ethyl adjacent to an activating group) is 1. The van der Waals surface area contributed by atoms with Crippen molar-refractivity contribution in [1.82, 2.24) is 15.3 Å². The molecule has 0 saturated heterocycles. The van der Waals surface area contributed by atoms with Crippen LogP contribution in [0.25, 0.3) is 0 Å². The summed E-state index contributed by atoms with van der Waals surface area (Å²) in [5.41, 5.74) is 0.0382. The molecule has 0 fully saturated rings. The monoisotopic (exact) mass is 251 g/mol. The Hall–Kier alpha value is -1.36. The van der Waals surface area contributed by atoms with Crippen LogP contribution in [0.3, 0.4) is 0 Å². The Bertz CT molecular complexity index is 362. The van der Waals surface area contributed by atoms with Crippen molar-refractivity contribution in [3.63, 3.8) is 0 Å². The lowest BCUT2D eigenvalue weighted by Crippen LogP contribution is -2.42. The van der Waals surface area contributed by atoms with Crippen LogP contribution in [0.5, 0.6) is 0 Å². The number of hydrogen-bond donors (Lipinski definition) is 3. The molecular formula is C13H25N5. The number of rotatable bonds is 7. The van der Waals surface area contributed by atoms with E-state index in [1.807, 2.05) is 13.1 Å². The predicted octanol–water partition coefficient (Wildman–Crippen LogP) is 1.95. The number of hydrogen-bond acceptors (Lipinski definition) is 5. The van der Waals surface area contributed by atoms with E-state index in [4.69, 9.17) is 0 Å². The van der Waals surface area contributed by atoms with E-state index < -0.39 is 0 Å². The molecule has 5 nitrogen and oxygen atoms in total. The second kappa shape index (κ2) is 6.54.